The van der Waals surface area contributed by atoms with Gasteiger partial charge in [0.1, 0.15) is 5.69 Å². The van der Waals surface area contributed by atoms with Gasteiger partial charge in [0.2, 0.25) is 0 Å². The Morgan fingerprint density at radius 1 is 0.920 bits per heavy atom. The molecule has 0 aliphatic heterocycles. The minimum Gasteiger partial charge on any atom is -0.479 e. The predicted molar refractivity (Wildman–Crippen MR) is 94.3 cm³/mol. The van der Waals surface area contributed by atoms with E-state index in [9.17, 15) is 14.7 Å². The van der Waals surface area contributed by atoms with Gasteiger partial charge in [-0.05, 0) is 23.3 Å². The third-order valence-corrected chi connectivity index (χ3v) is 3.91. The van der Waals surface area contributed by atoms with Crippen LogP contribution in [0.3, 0.4) is 0 Å². The number of carboxylic acid groups (broad SMARTS) is 1. The number of aromatic nitrogens is 1. The molecule has 0 saturated carbocycles. The molecule has 1 unspecified atom stereocenters. The minimum absolute atomic E-state index is 0.419. The number of carboxylic acids is 1. The monoisotopic (exact) mass is 334 g/mol. The number of amides is 1. The first-order valence-corrected chi connectivity index (χ1v) is 7.93. The van der Waals surface area contributed by atoms with Gasteiger partial charge < -0.3 is 15.0 Å². The van der Waals surface area contributed by atoms with E-state index in [1.54, 1.807) is 53.2 Å². The number of carbonyl (C=O) groups is 2. The summed E-state index contributed by atoms with van der Waals surface area (Å²) >= 11 is 0. The standard InChI is InChI=1S/C20H18N2O3/c23-19(21-18(20(24)25)16-10-5-2-6-11-16)17-12-7-13-22(17)14-15-8-3-1-4-9-15/h1-13,18H,14H2,(H,21,23)(H,24,25). The molecule has 0 aliphatic carbocycles. The number of nitrogens with one attached hydrogen (secondary N) is 1. The fraction of sp³-hybridized carbons (Fsp3) is 0.100. The Morgan fingerprint density at radius 2 is 1.56 bits per heavy atom. The molecular weight excluding hydrogens is 316 g/mol. The van der Waals surface area contributed by atoms with Crippen molar-refractivity contribution in [2.24, 2.45) is 0 Å². The van der Waals surface area contributed by atoms with Gasteiger partial charge in [-0.1, -0.05) is 60.7 Å². The van der Waals surface area contributed by atoms with Crippen molar-refractivity contribution in [3.05, 3.63) is 95.8 Å². The number of hydrogen-bond acceptors (Lipinski definition) is 2. The molecule has 0 bridgehead atoms. The van der Waals surface area contributed by atoms with Gasteiger partial charge in [0.15, 0.2) is 6.04 Å². The molecule has 0 spiro atoms. The van der Waals surface area contributed by atoms with Gasteiger partial charge in [0.25, 0.3) is 5.91 Å². The molecule has 1 amide bonds. The fourth-order valence-corrected chi connectivity index (χ4v) is 2.68. The summed E-state index contributed by atoms with van der Waals surface area (Å²) in [6.07, 6.45) is 1.81. The predicted octanol–water partition coefficient (Wildman–Crippen LogP) is 3.09. The zero-order valence-corrected chi connectivity index (χ0v) is 13.5. The molecule has 0 saturated heterocycles. The molecule has 2 aromatic carbocycles. The molecule has 5 heteroatoms. The van der Waals surface area contributed by atoms with E-state index in [2.05, 4.69) is 5.32 Å². The molecule has 1 aromatic heterocycles. The number of aliphatic carboxylic acids is 1. The third kappa shape index (κ3) is 3.95. The summed E-state index contributed by atoms with van der Waals surface area (Å²) in [4.78, 5) is 24.2. The first kappa shape index (κ1) is 16.5. The molecule has 1 atom stereocenters. The van der Waals surface area contributed by atoms with Crippen LogP contribution in [0.2, 0.25) is 0 Å². The summed E-state index contributed by atoms with van der Waals surface area (Å²) in [7, 11) is 0. The second-order valence-corrected chi connectivity index (χ2v) is 5.66. The molecule has 0 radical (unpaired) electrons. The quantitative estimate of drug-likeness (QED) is 0.728. The molecule has 2 N–H and O–H groups in total. The smallest absolute Gasteiger partial charge is 0.330 e. The number of hydrogen-bond donors (Lipinski definition) is 2. The highest BCUT2D eigenvalue weighted by atomic mass is 16.4. The van der Waals surface area contributed by atoms with Crippen molar-refractivity contribution in [1.82, 2.24) is 9.88 Å². The molecule has 0 aliphatic rings. The van der Waals surface area contributed by atoms with E-state index >= 15 is 0 Å². The number of nitrogens with zero attached hydrogens (tertiary/aromatic N) is 1. The highest BCUT2D eigenvalue weighted by molar-refractivity contribution is 5.95. The van der Waals surface area contributed by atoms with Crippen LogP contribution in [-0.2, 0) is 11.3 Å². The van der Waals surface area contributed by atoms with E-state index in [4.69, 9.17) is 0 Å². The highest BCUT2D eigenvalue weighted by Gasteiger charge is 2.23. The lowest BCUT2D eigenvalue weighted by Crippen LogP contribution is -2.34. The molecule has 5 nitrogen and oxygen atoms in total. The lowest BCUT2D eigenvalue weighted by atomic mass is 10.1. The van der Waals surface area contributed by atoms with E-state index in [1.165, 1.54) is 0 Å². The second kappa shape index (κ2) is 7.49. The van der Waals surface area contributed by atoms with Crippen LogP contribution in [0.25, 0.3) is 0 Å². The van der Waals surface area contributed by atoms with E-state index < -0.39 is 17.9 Å². The minimum atomic E-state index is -1.10. The highest BCUT2D eigenvalue weighted by Crippen LogP contribution is 2.15. The molecule has 126 valence electrons. The summed E-state index contributed by atoms with van der Waals surface area (Å²) in [6.45, 7) is 0.541. The molecule has 1 heterocycles. The average molecular weight is 334 g/mol. The van der Waals surface area contributed by atoms with Crippen LogP contribution in [0.5, 0.6) is 0 Å². The lowest BCUT2D eigenvalue weighted by molar-refractivity contribution is -0.139. The number of carbonyl (C=O) groups excluding carboxylic acids is 1. The van der Waals surface area contributed by atoms with Crippen LogP contribution >= 0.6 is 0 Å². The fourth-order valence-electron chi connectivity index (χ4n) is 2.68. The SMILES string of the molecule is O=C(NC(C(=O)O)c1ccccc1)c1cccn1Cc1ccccc1. The Hall–Kier alpha value is -3.34. The normalized spacial score (nSPS) is 11.7. The zero-order valence-electron chi connectivity index (χ0n) is 13.5. The van der Waals surface area contributed by atoms with Crippen LogP contribution in [0.1, 0.15) is 27.7 Å². The van der Waals surface area contributed by atoms with Crippen LogP contribution in [-0.4, -0.2) is 21.6 Å². The maximum absolute atomic E-state index is 12.6. The first-order chi connectivity index (χ1) is 12.1. The summed E-state index contributed by atoms with van der Waals surface area (Å²) in [5.74, 6) is -1.52. The summed E-state index contributed by atoms with van der Waals surface area (Å²) in [5.41, 5.74) is 2.01. The van der Waals surface area contributed by atoms with Crippen molar-refractivity contribution in [1.29, 1.82) is 0 Å². The van der Waals surface area contributed by atoms with Gasteiger partial charge in [-0.2, -0.15) is 0 Å². The van der Waals surface area contributed by atoms with E-state index in [0.717, 1.165) is 5.56 Å². The Labute approximate surface area is 145 Å². The zero-order chi connectivity index (χ0) is 17.6. The number of rotatable bonds is 6. The van der Waals surface area contributed by atoms with Gasteiger partial charge in [-0.3, -0.25) is 4.79 Å². The van der Waals surface area contributed by atoms with Gasteiger partial charge >= 0.3 is 5.97 Å². The van der Waals surface area contributed by atoms with E-state index in [0.29, 0.717) is 17.8 Å². The topological polar surface area (TPSA) is 71.3 Å². The van der Waals surface area contributed by atoms with Crippen molar-refractivity contribution < 1.29 is 14.7 Å². The van der Waals surface area contributed by atoms with Gasteiger partial charge in [0.05, 0.1) is 0 Å². The Bertz CT molecular complexity index is 857. The average Bonchev–Trinajstić information content (AvgIpc) is 3.09. The molecular formula is C20H18N2O3. The van der Waals surface area contributed by atoms with Crippen LogP contribution in [0.15, 0.2) is 79.0 Å². The Balaban J connectivity index is 1.79. The summed E-state index contributed by atoms with van der Waals surface area (Å²) in [6, 6.07) is 20.8. The second-order valence-electron chi connectivity index (χ2n) is 5.66. The van der Waals surface area contributed by atoms with Gasteiger partial charge in [0, 0.05) is 12.7 Å². The van der Waals surface area contributed by atoms with Crippen LogP contribution < -0.4 is 5.32 Å². The molecule has 25 heavy (non-hydrogen) atoms. The van der Waals surface area contributed by atoms with Crippen molar-refractivity contribution in [3.63, 3.8) is 0 Å². The number of benzene rings is 2. The lowest BCUT2D eigenvalue weighted by Gasteiger charge is -2.16. The maximum atomic E-state index is 12.6. The summed E-state index contributed by atoms with van der Waals surface area (Å²) < 4.78 is 1.80. The van der Waals surface area contributed by atoms with Crippen LogP contribution in [0, 0.1) is 0 Å². The first-order valence-electron chi connectivity index (χ1n) is 7.93. The molecule has 3 rings (SSSR count). The van der Waals surface area contributed by atoms with Crippen molar-refractivity contribution in [2.75, 3.05) is 0 Å². The van der Waals surface area contributed by atoms with E-state index in [-0.39, 0.29) is 0 Å². The van der Waals surface area contributed by atoms with Crippen molar-refractivity contribution in [2.45, 2.75) is 12.6 Å². The van der Waals surface area contributed by atoms with Gasteiger partial charge in [-0.15, -0.1) is 0 Å². The largest absolute Gasteiger partial charge is 0.479 e. The van der Waals surface area contributed by atoms with Crippen LogP contribution in [0.4, 0.5) is 0 Å². The van der Waals surface area contributed by atoms with Crippen molar-refractivity contribution in [3.8, 4) is 0 Å². The Kier molecular flexibility index (Phi) is 4.95. The van der Waals surface area contributed by atoms with Gasteiger partial charge in [-0.25, -0.2) is 4.79 Å². The Morgan fingerprint density at radius 3 is 2.20 bits per heavy atom. The maximum Gasteiger partial charge on any atom is 0.330 e. The van der Waals surface area contributed by atoms with E-state index in [1.807, 2.05) is 30.3 Å². The molecule has 3 aromatic rings. The van der Waals surface area contributed by atoms with Crippen molar-refractivity contribution >= 4 is 11.9 Å². The summed E-state index contributed by atoms with van der Waals surface area (Å²) in [5, 5.41) is 12.1. The molecule has 0 fully saturated rings. The third-order valence-electron chi connectivity index (χ3n) is 3.91.